The summed E-state index contributed by atoms with van der Waals surface area (Å²) in [7, 11) is 4.85. The summed E-state index contributed by atoms with van der Waals surface area (Å²) in [6.45, 7) is 0. The number of benzene rings is 3. The number of likely N-dealkylation sites (N-methyl/N-ethyl adjacent to an activating group) is 1. The van der Waals surface area contributed by atoms with Crippen LogP contribution < -0.4 is 9.47 Å². The van der Waals surface area contributed by atoms with E-state index < -0.39 is 5.97 Å². The van der Waals surface area contributed by atoms with Crippen LogP contribution in [0.25, 0.3) is 16.8 Å². The van der Waals surface area contributed by atoms with E-state index >= 15 is 0 Å². The SMILES string of the molecule is COc1ccc2ccc(OC)c(/C=C3\SC(=Nc4ccc(C(=O)O)cc4)N(C)C3=O)c2c1. The van der Waals surface area contributed by atoms with E-state index in [1.165, 1.54) is 28.8 Å². The van der Waals surface area contributed by atoms with Crippen molar-refractivity contribution in [2.24, 2.45) is 4.99 Å². The molecule has 1 heterocycles. The Hall–Kier alpha value is -3.78. The number of nitrogens with zero attached hydrogens (tertiary/aromatic N) is 2. The molecule has 1 fully saturated rings. The van der Waals surface area contributed by atoms with Crippen LogP contribution in [0.1, 0.15) is 15.9 Å². The van der Waals surface area contributed by atoms with Crippen LogP contribution in [0.3, 0.4) is 0 Å². The normalized spacial score (nSPS) is 16.2. The number of hydrogen-bond donors (Lipinski definition) is 1. The number of carbonyl (C=O) groups excluding carboxylic acids is 1. The molecule has 1 amide bonds. The first kappa shape index (κ1) is 21.5. The van der Waals surface area contributed by atoms with Crippen molar-refractivity contribution in [3.05, 3.63) is 70.6 Å². The number of carboxylic acids is 1. The van der Waals surface area contributed by atoms with Crippen LogP contribution in [-0.4, -0.2) is 48.3 Å². The van der Waals surface area contributed by atoms with E-state index in [1.54, 1.807) is 39.5 Å². The van der Waals surface area contributed by atoms with E-state index in [0.717, 1.165) is 16.3 Å². The summed E-state index contributed by atoms with van der Waals surface area (Å²) < 4.78 is 10.9. The van der Waals surface area contributed by atoms with Crippen molar-refractivity contribution in [2.45, 2.75) is 0 Å². The van der Waals surface area contributed by atoms with Crippen molar-refractivity contribution >= 4 is 51.3 Å². The Morgan fingerprint density at radius 3 is 2.44 bits per heavy atom. The summed E-state index contributed by atoms with van der Waals surface area (Å²) in [5.74, 6) is 0.166. The quantitative estimate of drug-likeness (QED) is 0.565. The van der Waals surface area contributed by atoms with Crippen LogP contribution in [0.5, 0.6) is 11.5 Å². The van der Waals surface area contributed by atoms with Crippen LogP contribution in [0, 0.1) is 0 Å². The van der Waals surface area contributed by atoms with Crippen LogP contribution in [0.15, 0.2) is 64.5 Å². The fraction of sp³-hybridized carbons (Fsp3) is 0.125. The van der Waals surface area contributed by atoms with Crippen LogP contribution in [0.4, 0.5) is 5.69 Å². The van der Waals surface area contributed by atoms with Gasteiger partial charge in [-0.15, -0.1) is 0 Å². The summed E-state index contributed by atoms with van der Waals surface area (Å²) in [5.41, 5.74) is 1.52. The first-order chi connectivity index (χ1) is 15.4. The van der Waals surface area contributed by atoms with Gasteiger partial charge >= 0.3 is 5.97 Å². The number of thioether (sulfide) groups is 1. The van der Waals surface area contributed by atoms with Gasteiger partial charge < -0.3 is 14.6 Å². The summed E-state index contributed by atoms with van der Waals surface area (Å²) >= 11 is 1.25. The number of fused-ring (bicyclic) bond motifs is 1. The molecular formula is C24H20N2O5S. The summed E-state index contributed by atoms with van der Waals surface area (Å²) in [4.78, 5) is 30.4. The van der Waals surface area contributed by atoms with Gasteiger partial charge in [0.15, 0.2) is 5.17 Å². The van der Waals surface area contributed by atoms with E-state index in [2.05, 4.69) is 4.99 Å². The molecule has 0 aliphatic carbocycles. The molecule has 1 N–H and O–H groups in total. The first-order valence-corrected chi connectivity index (χ1v) is 10.5. The Labute approximate surface area is 189 Å². The molecule has 1 aliphatic rings. The van der Waals surface area contributed by atoms with Gasteiger partial charge in [-0.1, -0.05) is 12.1 Å². The maximum Gasteiger partial charge on any atom is 0.335 e. The standard InChI is InChI=1S/C24H20N2O5S/c1-26-22(27)21(32-24(26)25-16-8-4-15(5-9-16)23(28)29)13-19-18-12-17(30-2)10-6-14(18)7-11-20(19)31-3/h4-13H,1-3H3,(H,28,29)/b21-13-,25-24?. The third-order valence-electron chi connectivity index (χ3n) is 5.07. The van der Waals surface area contributed by atoms with Crippen LogP contribution >= 0.6 is 11.8 Å². The number of methoxy groups -OCH3 is 2. The Morgan fingerprint density at radius 2 is 1.78 bits per heavy atom. The molecule has 8 heteroatoms. The van der Waals surface area contributed by atoms with Gasteiger partial charge in [0.05, 0.1) is 30.4 Å². The Balaban J connectivity index is 1.74. The third kappa shape index (κ3) is 4.04. The number of hydrogen-bond acceptors (Lipinski definition) is 6. The minimum absolute atomic E-state index is 0.177. The predicted molar refractivity (Wildman–Crippen MR) is 126 cm³/mol. The number of carbonyl (C=O) groups is 2. The first-order valence-electron chi connectivity index (χ1n) is 9.65. The van der Waals surface area contributed by atoms with Gasteiger partial charge in [0.2, 0.25) is 0 Å². The van der Waals surface area contributed by atoms with Gasteiger partial charge in [0, 0.05) is 12.6 Å². The maximum absolute atomic E-state index is 12.9. The number of amidine groups is 1. The molecule has 1 aliphatic heterocycles. The second kappa shape index (κ2) is 8.76. The van der Waals surface area contributed by atoms with Crippen molar-refractivity contribution in [1.29, 1.82) is 0 Å². The maximum atomic E-state index is 12.9. The zero-order chi connectivity index (χ0) is 22.8. The lowest BCUT2D eigenvalue weighted by Gasteiger charge is -2.11. The number of aliphatic imine (C=N–C) groups is 1. The average Bonchev–Trinajstić information content (AvgIpc) is 3.07. The van der Waals surface area contributed by atoms with Crippen molar-refractivity contribution in [3.8, 4) is 11.5 Å². The Kier molecular flexibility index (Phi) is 5.87. The number of amides is 1. The Bertz CT molecular complexity index is 1280. The predicted octanol–water partition coefficient (Wildman–Crippen LogP) is 4.79. The van der Waals surface area contributed by atoms with E-state index in [4.69, 9.17) is 14.6 Å². The van der Waals surface area contributed by atoms with Crippen LogP contribution in [0.2, 0.25) is 0 Å². The molecule has 162 valence electrons. The minimum Gasteiger partial charge on any atom is -0.497 e. The second-order valence-corrected chi connectivity index (χ2v) is 8.00. The lowest BCUT2D eigenvalue weighted by atomic mass is 10.0. The molecule has 0 radical (unpaired) electrons. The molecule has 3 aromatic carbocycles. The number of aromatic carboxylic acids is 1. The zero-order valence-corrected chi connectivity index (χ0v) is 18.5. The Morgan fingerprint density at radius 1 is 1.06 bits per heavy atom. The minimum atomic E-state index is -1.00. The van der Waals surface area contributed by atoms with E-state index in [-0.39, 0.29) is 11.5 Å². The van der Waals surface area contributed by atoms with E-state index in [0.29, 0.717) is 27.3 Å². The molecule has 32 heavy (non-hydrogen) atoms. The van der Waals surface area contributed by atoms with Crippen LogP contribution in [-0.2, 0) is 4.79 Å². The molecule has 0 saturated carbocycles. The largest absolute Gasteiger partial charge is 0.497 e. The highest BCUT2D eigenvalue weighted by Crippen LogP contribution is 2.38. The highest BCUT2D eigenvalue weighted by Gasteiger charge is 2.31. The fourth-order valence-corrected chi connectivity index (χ4v) is 4.30. The van der Waals surface area contributed by atoms with Crippen molar-refractivity contribution in [3.63, 3.8) is 0 Å². The monoisotopic (exact) mass is 448 g/mol. The molecule has 1 saturated heterocycles. The van der Waals surface area contributed by atoms with Gasteiger partial charge in [-0.05, 0) is 71.1 Å². The van der Waals surface area contributed by atoms with Gasteiger partial charge in [0.25, 0.3) is 5.91 Å². The van der Waals surface area contributed by atoms with E-state index in [1.807, 2.05) is 30.3 Å². The van der Waals surface area contributed by atoms with Crippen molar-refractivity contribution in [1.82, 2.24) is 4.90 Å². The average molecular weight is 449 g/mol. The molecular weight excluding hydrogens is 428 g/mol. The van der Waals surface area contributed by atoms with E-state index in [9.17, 15) is 9.59 Å². The molecule has 7 nitrogen and oxygen atoms in total. The fourth-order valence-electron chi connectivity index (χ4n) is 3.33. The number of ether oxygens (including phenoxy) is 2. The summed E-state index contributed by atoms with van der Waals surface area (Å²) in [6, 6.07) is 15.8. The van der Waals surface area contributed by atoms with Crippen molar-refractivity contribution < 1.29 is 24.2 Å². The third-order valence-corrected chi connectivity index (χ3v) is 6.13. The highest BCUT2D eigenvalue weighted by molar-refractivity contribution is 8.18. The second-order valence-electron chi connectivity index (χ2n) is 6.99. The summed E-state index contributed by atoms with van der Waals surface area (Å²) in [6.07, 6.45) is 1.81. The smallest absolute Gasteiger partial charge is 0.335 e. The lowest BCUT2D eigenvalue weighted by Crippen LogP contribution is -2.23. The number of rotatable bonds is 5. The lowest BCUT2D eigenvalue weighted by molar-refractivity contribution is -0.121. The number of carboxylic acid groups (broad SMARTS) is 1. The molecule has 0 bridgehead atoms. The van der Waals surface area contributed by atoms with Gasteiger partial charge in [0.1, 0.15) is 11.5 Å². The topological polar surface area (TPSA) is 88.4 Å². The molecule has 0 atom stereocenters. The summed E-state index contributed by atoms with van der Waals surface area (Å²) in [5, 5.41) is 11.4. The molecule has 3 aromatic rings. The highest BCUT2D eigenvalue weighted by atomic mass is 32.2. The van der Waals surface area contributed by atoms with Gasteiger partial charge in [-0.25, -0.2) is 9.79 Å². The molecule has 4 rings (SSSR count). The zero-order valence-electron chi connectivity index (χ0n) is 17.7. The molecule has 0 unspecified atom stereocenters. The van der Waals surface area contributed by atoms with Crippen molar-refractivity contribution in [2.75, 3.05) is 21.3 Å². The van der Waals surface area contributed by atoms with Gasteiger partial charge in [-0.2, -0.15) is 0 Å². The van der Waals surface area contributed by atoms with Gasteiger partial charge in [-0.3, -0.25) is 9.69 Å². The molecule has 0 spiro atoms. The molecule has 0 aromatic heterocycles.